The largest absolute Gasteiger partial charge is 0.373 e. The zero-order valence-electron chi connectivity index (χ0n) is 17.0. The average Bonchev–Trinajstić information content (AvgIpc) is 2.98. The van der Waals surface area contributed by atoms with Gasteiger partial charge >= 0.3 is 6.15 Å². The summed E-state index contributed by atoms with van der Waals surface area (Å²) in [6, 6.07) is 5.94. The van der Waals surface area contributed by atoms with Crippen LogP contribution in [-0.2, 0) is 9.59 Å². The van der Waals surface area contributed by atoms with Crippen LogP contribution < -0.4 is 4.90 Å². The Morgan fingerprint density at radius 3 is 2.23 bits per heavy atom. The lowest BCUT2D eigenvalue weighted by Crippen LogP contribution is -2.33. The number of rotatable bonds is 2. The van der Waals surface area contributed by atoms with Gasteiger partial charge in [0.2, 0.25) is 0 Å². The highest BCUT2D eigenvalue weighted by Crippen LogP contribution is 2.38. The van der Waals surface area contributed by atoms with Crippen molar-refractivity contribution in [2.24, 2.45) is 5.92 Å². The second-order valence-electron chi connectivity index (χ2n) is 7.63. The van der Waals surface area contributed by atoms with Crippen LogP contribution in [0.3, 0.4) is 0 Å². The Balaban J connectivity index is 0.000000806. The third-order valence-corrected chi connectivity index (χ3v) is 6.43. The van der Waals surface area contributed by atoms with Gasteiger partial charge in [0.15, 0.2) is 0 Å². The van der Waals surface area contributed by atoms with Gasteiger partial charge in [-0.3, -0.25) is 4.57 Å². The lowest BCUT2D eigenvalue weighted by Gasteiger charge is -2.33. The lowest BCUT2D eigenvalue weighted by molar-refractivity contribution is -0.191. The molecule has 3 aromatic rings. The van der Waals surface area contributed by atoms with E-state index >= 15 is 0 Å². The molecule has 5 nitrogen and oxygen atoms in total. The highest BCUT2D eigenvalue weighted by atomic mass is 79.9. The second-order valence-corrected chi connectivity index (χ2v) is 9.36. The van der Waals surface area contributed by atoms with Gasteiger partial charge in [-0.2, -0.15) is 9.59 Å². The third-order valence-electron chi connectivity index (χ3n) is 5.40. The molecule has 1 fully saturated rings. The van der Waals surface area contributed by atoms with Crippen molar-refractivity contribution in [1.29, 1.82) is 0 Å². The summed E-state index contributed by atoms with van der Waals surface area (Å²) in [6.45, 7) is 8.69. The first-order valence-corrected chi connectivity index (χ1v) is 11.2. The van der Waals surface area contributed by atoms with Crippen LogP contribution in [0.2, 0.25) is 10.0 Å². The molecule has 1 aromatic carbocycles. The predicted molar refractivity (Wildman–Crippen MR) is 124 cm³/mol. The van der Waals surface area contributed by atoms with Crippen LogP contribution in [0, 0.1) is 19.8 Å². The number of piperidine rings is 1. The van der Waals surface area contributed by atoms with Crippen molar-refractivity contribution in [3.05, 3.63) is 50.2 Å². The number of fused-ring (bicyclic) bond motifs is 1. The van der Waals surface area contributed by atoms with Crippen molar-refractivity contribution in [3.63, 3.8) is 0 Å². The standard InChI is InChI=1S/C21H22BrCl2N3.CO2/c1-12-4-6-26(7-5-12)18-8-14(3)25-21-19(18)13(2)11-27(21)20-16(23)9-15(22)10-17(20)24;2-1-3/h8-12H,4-7H2,1-3H3;. The van der Waals surface area contributed by atoms with E-state index in [1.54, 1.807) is 0 Å². The van der Waals surface area contributed by atoms with E-state index in [2.05, 4.69) is 46.9 Å². The molecule has 1 aliphatic rings. The second kappa shape index (κ2) is 9.52. The Morgan fingerprint density at radius 2 is 1.67 bits per heavy atom. The minimum Gasteiger partial charge on any atom is -0.371 e. The van der Waals surface area contributed by atoms with E-state index in [0.29, 0.717) is 10.0 Å². The summed E-state index contributed by atoms with van der Waals surface area (Å²) < 4.78 is 2.90. The minimum atomic E-state index is 0.250. The van der Waals surface area contributed by atoms with Gasteiger partial charge < -0.3 is 4.90 Å². The Hall–Kier alpha value is -1.85. The van der Waals surface area contributed by atoms with Gasteiger partial charge in [-0.05, 0) is 56.4 Å². The van der Waals surface area contributed by atoms with E-state index in [-0.39, 0.29) is 6.15 Å². The molecule has 1 aliphatic heterocycles. The molecule has 0 bridgehead atoms. The molecule has 0 aliphatic carbocycles. The van der Waals surface area contributed by atoms with Crippen LogP contribution in [0.1, 0.15) is 31.0 Å². The summed E-state index contributed by atoms with van der Waals surface area (Å²) in [4.78, 5) is 23.6. The number of halogens is 3. The maximum Gasteiger partial charge on any atom is 0.373 e. The van der Waals surface area contributed by atoms with E-state index in [1.807, 2.05) is 23.6 Å². The topological polar surface area (TPSA) is 55.2 Å². The van der Waals surface area contributed by atoms with E-state index < -0.39 is 0 Å². The summed E-state index contributed by atoms with van der Waals surface area (Å²) in [5.74, 6) is 0.797. The van der Waals surface area contributed by atoms with Gasteiger partial charge in [-0.15, -0.1) is 0 Å². The molecule has 4 rings (SSSR count). The van der Waals surface area contributed by atoms with Crippen molar-refractivity contribution in [3.8, 4) is 5.69 Å². The van der Waals surface area contributed by atoms with Crippen LogP contribution >= 0.6 is 39.1 Å². The average molecular weight is 511 g/mol. The molecular formula is C22H22BrCl2N3O2. The van der Waals surface area contributed by atoms with E-state index in [0.717, 1.165) is 40.5 Å². The number of pyridine rings is 1. The Bertz CT molecular complexity index is 1090. The van der Waals surface area contributed by atoms with E-state index in [1.165, 1.54) is 29.5 Å². The Morgan fingerprint density at radius 1 is 1.10 bits per heavy atom. The molecule has 0 unspecified atom stereocenters. The molecule has 3 heterocycles. The first-order valence-electron chi connectivity index (χ1n) is 9.65. The molecular weight excluding hydrogens is 489 g/mol. The van der Waals surface area contributed by atoms with Gasteiger partial charge in [-0.25, -0.2) is 4.98 Å². The number of hydrogen-bond acceptors (Lipinski definition) is 4. The van der Waals surface area contributed by atoms with Crippen LogP contribution in [0.25, 0.3) is 16.7 Å². The molecule has 30 heavy (non-hydrogen) atoms. The van der Waals surface area contributed by atoms with Crippen molar-refractivity contribution in [2.45, 2.75) is 33.6 Å². The summed E-state index contributed by atoms with van der Waals surface area (Å²) in [5, 5.41) is 2.39. The SMILES string of the molecule is Cc1cc(N2CCC(C)CC2)c2c(C)cn(-c3c(Cl)cc(Br)cc3Cl)c2n1.O=C=O. The summed E-state index contributed by atoms with van der Waals surface area (Å²) in [5.41, 5.74) is 5.13. The third kappa shape index (κ3) is 4.57. The number of nitrogens with zero attached hydrogens (tertiary/aromatic N) is 3. The quantitative estimate of drug-likeness (QED) is 0.402. The van der Waals surface area contributed by atoms with E-state index in [4.69, 9.17) is 37.8 Å². The highest BCUT2D eigenvalue weighted by Gasteiger charge is 2.22. The summed E-state index contributed by atoms with van der Waals surface area (Å²) in [6.07, 6.45) is 4.80. The molecule has 0 amide bonds. The number of benzene rings is 1. The molecule has 0 N–H and O–H groups in total. The smallest absolute Gasteiger partial charge is 0.371 e. The fourth-order valence-electron chi connectivity index (χ4n) is 3.95. The van der Waals surface area contributed by atoms with Gasteiger partial charge in [0, 0.05) is 40.5 Å². The Labute approximate surface area is 194 Å². The molecule has 0 spiro atoms. The fraction of sp³-hybridized carbons (Fsp3) is 0.364. The first kappa shape index (κ1) is 22.8. The number of hydrogen-bond donors (Lipinski definition) is 0. The zero-order valence-corrected chi connectivity index (χ0v) is 20.1. The normalized spacial score (nSPS) is 14.4. The molecule has 2 aromatic heterocycles. The van der Waals surface area contributed by atoms with Gasteiger partial charge in [-0.1, -0.05) is 46.1 Å². The predicted octanol–water partition coefficient (Wildman–Crippen LogP) is 6.36. The maximum atomic E-state index is 8.12. The molecule has 0 saturated carbocycles. The van der Waals surface area contributed by atoms with Crippen LogP contribution in [0.15, 0.2) is 28.9 Å². The minimum absolute atomic E-state index is 0.250. The number of anilines is 1. The number of aromatic nitrogens is 2. The van der Waals surface area contributed by atoms with Crippen LogP contribution in [-0.4, -0.2) is 28.8 Å². The zero-order chi connectivity index (χ0) is 22.0. The van der Waals surface area contributed by atoms with Crippen molar-refractivity contribution in [1.82, 2.24) is 9.55 Å². The number of aryl methyl sites for hydroxylation is 2. The van der Waals surface area contributed by atoms with Gasteiger partial charge in [0.25, 0.3) is 0 Å². The molecule has 158 valence electrons. The molecule has 0 atom stereocenters. The van der Waals surface area contributed by atoms with Gasteiger partial charge in [0.05, 0.1) is 15.7 Å². The summed E-state index contributed by atoms with van der Waals surface area (Å²) >= 11 is 16.6. The van der Waals surface area contributed by atoms with Crippen LogP contribution in [0.4, 0.5) is 5.69 Å². The summed E-state index contributed by atoms with van der Waals surface area (Å²) in [7, 11) is 0. The highest BCUT2D eigenvalue weighted by molar-refractivity contribution is 9.10. The monoisotopic (exact) mass is 509 g/mol. The fourth-order valence-corrected chi connectivity index (χ4v) is 5.34. The van der Waals surface area contributed by atoms with Crippen molar-refractivity contribution < 1.29 is 9.59 Å². The molecule has 8 heteroatoms. The Kier molecular flexibility index (Phi) is 7.25. The molecule has 1 saturated heterocycles. The van der Waals surface area contributed by atoms with Crippen LogP contribution in [0.5, 0.6) is 0 Å². The van der Waals surface area contributed by atoms with Crippen molar-refractivity contribution in [2.75, 3.05) is 18.0 Å². The maximum absolute atomic E-state index is 8.12. The molecule has 0 radical (unpaired) electrons. The van der Waals surface area contributed by atoms with Crippen molar-refractivity contribution >= 4 is 62.0 Å². The van der Waals surface area contributed by atoms with Gasteiger partial charge in [0.1, 0.15) is 5.65 Å². The lowest BCUT2D eigenvalue weighted by atomic mass is 9.98. The first-order chi connectivity index (χ1) is 14.3. The van der Waals surface area contributed by atoms with E-state index in [9.17, 15) is 0 Å². The number of carbonyl (C=O) groups excluding carboxylic acids is 2.